The van der Waals surface area contributed by atoms with Crippen LogP contribution in [0, 0.1) is 0 Å². The van der Waals surface area contributed by atoms with Crippen molar-refractivity contribution in [1.29, 1.82) is 0 Å². The van der Waals surface area contributed by atoms with Crippen LogP contribution < -0.4 is 5.32 Å². The summed E-state index contributed by atoms with van der Waals surface area (Å²) < 4.78 is 7.93. The fraction of sp³-hybridized carbons (Fsp3) is 0.111. The van der Waals surface area contributed by atoms with Crippen molar-refractivity contribution in [3.05, 3.63) is 29.4 Å². The maximum Gasteiger partial charge on any atom is 0.187 e. The average molecular weight is 258 g/mol. The smallest absolute Gasteiger partial charge is 0.187 e. The first kappa shape index (κ1) is 10.7. The Bertz CT molecular complexity index is 458. The van der Waals surface area contributed by atoms with Crippen LogP contribution in [0.4, 0.5) is 11.5 Å². The summed E-state index contributed by atoms with van der Waals surface area (Å²) in [7, 11) is 0. The van der Waals surface area contributed by atoms with Crippen LogP contribution in [0.3, 0.4) is 0 Å². The monoisotopic (exact) mass is 257 g/mol. The summed E-state index contributed by atoms with van der Waals surface area (Å²) in [5.74, 6) is 0.611. The van der Waals surface area contributed by atoms with E-state index in [-0.39, 0.29) is 0 Å². The number of hydrogen-bond acceptors (Lipinski definition) is 5. The molecule has 0 fully saturated rings. The molecule has 1 heterocycles. The van der Waals surface area contributed by atoms with E-state index in [2.05, 4.69) is 20.1 Å². The molecular weight excluding hydrogens is 250 g/mol. The number of anilines is 2. The number of nitrogens with one attached hydrogen (secondary N) is 1. The van der Waals surface area contributed by atoms with Crippen molar-refractivity contribution in [3.8, 4) is 0 Å². The van der Waals surface area contributed by atoms with E-state index in [1.165, 1.54) is 4.90 Å². The number of benzene rings is 1. The van der Waals surface area contributed by atoms with E-state index in [4.69, 9.17) is 11.6 Å². The highest BCUT2D eigenvalue weighted by molar-refractivity contribution is 7.98. The Hall–Kier alpha value is -0.780. The predicted octanol–water partition coefficient (Wildman–Crippen LogP) is 3.66. The highest BCUT2D eigenvalue weighted by Crippen LogP contribution is 2.25. The topological polar surface area (TPSA) is 37.8 Å². The Morgan fingerprint density at radius 3 is 2.93 bits per heavy atom. The lowest BCUT2D eigenvalue weighted by Gasteiger charge is -2.04. The molecule has 0 bridgehead atoms. The van der Waals surface area contributed by atoms with Crippen molar-refractivity contribution < 1.29 is 0 Å². The van der Waals surface area contributed by atoms with E-state index < -0.39 is 0 Å². The van der Waals surface area contributed by atoms with E-state index >= 15 is 0 Å². The molecule has 0 aliphatic carbocycles. The molecule has 0 saturated heterocycles. The fourth-order valence-corrected chi connectivity index (χ4v) is 2.19. The molecule has 0 spiro atoms. The second kappa shape index (κ2) is 4.83. The zero-order valence-electron chi connectivity index (χ0n) is 7.90. The molecular formula is C9H8ClN3S2. The largest absolute Gasteiger partial charge is 0.337 e. The van der Waals surface area contributed by atoms with Crippen LogP contribution >= 0.6 is 35.1 Å². The number of nitrogens with zero attached hydrogens (tertiary/aromatic N) is 2. The van der Waals surface area contributed by atoms with E-state index in [0.717, 1.165) is 17.4 Å². The summed E-state index contributed by atoms with van der Waals surface area (Å²) in [6.07, 6.45) is 2.04. The molecule has 78 valence electrons. The first-order valence-electron chi connectivity index (χ1n) is 4.19. The van der Waals surface area contributed by atoms with E-state index in [1.54, 1.807) is 11.8 Å². The maximum absolute atomic E-state index is 5.83. The van der Waals surface area contributed by atoms with Gasteiger partial charge in [0.25, 0.3) is 0 Å². The molecule has 0 unspecified atom stereocenters. The molecule has 0 aliphatic rings. The average Bonchev–Trinajstić information content (AvgIpc) is 2.65. The molecule has 1 N–H and O–H groups in total. The van der Waals surface area contributed by atoms with Gasteiger partial charge in [-0.3, -0.25) is 0 Å². The van der Waals surface area contributed by atoms with Gasteiger partial charge in [-0.1, -0.05) is 17.7 Å². The van der Waals surface area contributed by atoms with Crippen LogP contribution in [-0.4, -0.2) is 15.0 Å². The van der Waals surface area contributed by atoms with Gasteiger partial charge in [0.15, 0.2) is 11.0 Å². The minimum Gasteiger partial charge on any atom is -0.337 e. The highest BCUT2D eigenvalue weighted by atomic mass is 35.5. The molecule has 3 nitrogen and oxygen atoms in total. The lowest BCUT2D eigenvalue weighted by Crippen LogP contribution is -1.90. The van der Waals surface area contributed by atoms with Crippen molar-refractivity contribution in [3.63, 3.8) is 0 Å². The summed E-state index contributed by atoms with van der Waals surface area (Å²) in [6, 6.07) is 8.05. The van der Waals surface area contributed by atoms with Gasteiger partial charge in [0, 0.05) is 10.6 Å². The molecule has 15 heavy (non-hydrogen) atoms. The van der Waals surface area contributed by atoms with Gasteiger partial charge < -0.3 is 5.32 Å². The Balaban J connectivity index is 2.21. The normalized spacial score (nSPS) is 10.3. The zero-order valence-corrected chi connectivity index (χ0v) is 10.3. The molecule has 0 saturated carbocycles. The maximum atomic E-state index is 5.83. The van der Waals surface area contributed by atoms with Crippen LogP contribution in [-0.2, 0) is 0 Å². The van der Waals surface area contributed by atoms with Crippen molar-refractivity contribution in [2.75, 3.05) is 11.6 Å². The van der Waals surface area contributed by atoms with Gasteiger partial charge in [0.05, 0.1) is 11.7 Å². The number of aromatic nitrogens is 2. The van der Waals surface area contributed by atoms with Gasteiger partial charge in [0.1, 0.15) is 0 Å². The van der Waals surface area contributed by atoms with Gasteiger partial charge in [-0.2, -0.15) is 8.75 Å². The second-order valence-corrected chi connectivity index (χ2v) is 4.53. The Labute approximate surface area is 101 Å². The number of halogens is 1. The van der Waals surface area contributed by atoms with E-state index in [9.17, 15) is 0 Å². The minimum atomic E-state index is 0.412. The molecule has 6 heteroatoms. The predicted molar refractivity (Wildman–Crippen MR) is 66.4 cm³/mol. The van der Waals surface area contributed by atoms with E-state index in [1.807, 2.05) is 24.5 Å². The Morgan fingerprint density at radius 2 is 2.27 bits per heavy atom. The third-order valence-corrected chi connectivity index (χ3v) is 3.40. The fourth-order valence-electron chi connectivity index (χ4n) is 1.09. The molecule has 0 amide bonds. The SMILES string of the molecule is CSc1cccc(Nc2nsnc2Cl)c1. The van der Waals surface area contributed by atoms with Crippen molar-refractivity contribution in [2.24, 2.45) is 0 Å². The van der Waals surface area contributed by atoms with Gasteiger partial charge in [-0.15, -0.1) is 11.8 Å². The van der Waals surface area contributed by atoms with Crippen LogP contribution in [0.25, 0.3) is 0 Å². The lowest BCUT2D eigenvalue weighted by atomic mass is 10.3. The molecule has 0 aliphatic heterocycles. The van der Waals surface area contributed by atoms with Gasteiger partial charge in [-0.05, 0) is 24.5 Å². The van der Waals surface area contributed by atoms with Crippen LogP contribution in [0.15, 0.2) is 29.2 Å². The first-order valence-corrected chi connectivity index (χ1v) is 6.52. The van der Waals surface area contributed by atoms with Gasteiger partial charge in [0.2, 0.25) is 0 Å². The molecule has 1 aromatic carbocycles. The quantitative estimate of drug-likeness (QED) is 0.852. The summed E-state index contributed by atoms with van der Waals surface area (Å²) >= 11 is 8.62. The van der Waals surface area contributed by atoms with Crippen molar-refractivity contribution in [2.45, 2.75) is 4.90 Å². The zero-order chi connectivity index (χ0) is 10.7. The third kappa shape index (κ3) is 2.62. The molecule has 0 radical (unpaired) electrons. The van der Waals surface area contributed by atoms with Crippen LogP contribution in [0.2, 0.25) is 5.15 Å². The first-order chi connectivity index (χ1) is 7.29. The molecule has 2 rings (SSSR count). The standard InChI is InChI=1S/C9H8ClN3S2/c1-14-7-4-2-3-6(5-7)11-9-8(10)12-15-13-9/h2-5H,1H3,(H,11,13). The van der Waals surface area contributed by atoms with Crippen molar-refractivity contribution >= 4 is 46.6 Å². The minimum absolute atomic E-state index is 0.412. The van der Waals surface area contributed by atoms with E-state index in [0.29, 0.717) is 11.0 Å². The molecule has 0 atom stereocenters. The lowest BCUT2D eigenvalue weighted by molar-refractivity contribution is 1.40. The third-order valence-electron chi connectivity index (χ3n) is 1.78. The summed E-state index contributed by atoms with van der Waals surface area (Å²) in [6.45, 7) is 0. The van der Waals surface area contributed by atoms with Crippen LogP contribution in [0.5, 0.6) is 0 Å². The molecule has 1 aromatic heterocycles. The summed E-state index contributed by atoms with van der Waals surface area (Å²) in [5, 5.41) is 3.53. The summed E-state index contributed by atoms with van der Waals surface area (Å²) in [5.41, 5.74) is 0.969. The Kier molecular flexibility index (Phi) is 3.45. The van der Waals surface area contributed by atoms with Crippen LogP contribution in [0.1, 0.15) is 0 Å². The number of hydrogen-bond donors (Lipinski definition) is 1. The van der Waals surface area contributed by atoms with Crippen molar-refractivity contribution in [1.82, 2.24) is 8.75 Å². The summed E-state index contributed by atoms with van der Waals surface area (Å²) in [4.78, 5) is 1.19. The van der Waals surface area contributed by atoms with Gasteiger partial charge >= 0.3 is 0 Å². The molecule has 2 aromatic rings. The second-order valence-electron chi connectivity index (χ2n) is 2.76. The van der Waals surface area contributed by atoms with Gasteiger partial charge in [-0.25, -0.2) is 0 Å². The highest BCUT2D eigenvalue weighted by Gasteiger charge is 2.04. The number of rotatable bonds is 3. The Morgan fingerprint density at radius 1 is 1.40 bits per heavy atom. The number of thioether (sulfide) groups is 1.